The summed E-state index contributed by atoms with van der Waals surface area (Å²) in [6.45, 7) is 5.11. The predicted octanol–water partition coefficient (Wildman–Crippen LogP) is 4.53. The van der Waals surface area contributed by atoms with Crippen molar-refractivity contribution in [3.63, 3.8) is 0 Å². The molecule has 0 aliphatic carbocycles. The van der Waals surface area contributed by atoms with E-state index in [1.165, 1.54) is 12.1 Å². The third kappa shape index (κ3) is 5.07. The Kier molecular flexibility index (Phi) is 6.77. The van der Waals surface area contributed by atoms with Gasteiger partial charge in [0.2, 0.25) is 5.91 Å². The van der Waals surface area contributed by atoms with Gasteiger partial charge in [-0.1, -0.05) is 42.5 Å². The Hall–Kier alpha value is -3.38. The van der Waals surface area contributed by atoms with E-state index in [-0.39, 0.29) is 17.8 Å². The summed E-state index contributed by atoms with van der Waals surface area (Å²) >= 11 is 0. The van der Waals surface area contributed by atoms with Crippen LogP contribution in [-0.4, -0.2) is 43.5 Å². The van der Waals surface area contributed by atoms with Crippen LogP contribution in [0.5, 0.6) is 5.75 Å². The number of anilines is 1. The van der Waals surface area contributed by atoms with Crippen LogP contribution in [0.3, 0.4) is 0 Å². The molecule has 0 aromatic heterocycles. The lowest BCUT2D eigenvalue weighted by atomic mass is 9.95. The number of benzene rings is 3. The number of para-hydroxylation sites is 1. The topological polar surface area (TPSA) is 44.8 Å². The molecule has 0 radical (unpaired) electrons. The molecule has 0 spiro atoms. The number of hydrogen-bond acceptors (Lipinski definition) is 4. The molecule has 176 valence electrons. The number of carbonyl (C=O) groups is 1. The van der Waals surface area contributed by atoms with Gasteiger partial charge in [0.15, 0.2) is 0 Å². The van der Waals surface area contributed by atoms with Crippen LogP contribution < -0.4 is 15.0 Å². The molecule has 2 aliphatic rings. The summed E-state index contributed by atoms with van der Waals surface area (Å²) in [6, 6.07) is 22.6. The first-order chi connectivity index (χ1) is 16.7. The minimum Gasteiger partial charge on any atom is -0.489 e. The minimum atomic E-state index is -0.207. The SMILES string of the molecule is O=C(CCCN1CCN(c2ccc(F)cc2)CC1)NC1c2ccccc2COc2ccccc21. The van der Waals surface area contributed by atoms with Crippen molar-refractivity contribution in [2.75, 3.05) is 37.6 Å². The molecule has 0 saturated carbocycles. The summed E-state index contributed by atoms with van der Waals surface area (Å²) in [7, 11) is 0. The van der Waals surface area contributed by atoms with Crippen molar-refractivity contribution in [2.45, 2.75) is 25.5 Å². The Balaban J connectivity index is 1.14. The van der Waals surface area contributed by atoms with E-state index in [2.05, 4.69) is 27.2 Å². The van der Waals surface area contributed by atoms with Gasteiger partial charge in [0.05, 0.1) is 6.04 Å². The van der Waals surface area contributed by atoms with Crippen molar-refractivity contribution in [2.24, 2.45) is 0 Å². The van der Waals surface area contributed by atoms with Gasteiger partial charge < -0.3 is 15.0 Å². The van der Waals surface area contributed by atoms with Gasteiger partial charge >= 0.3 is 0 Å². The Bertz CT molecular complexity index is 1080. The van der Waals surface area contributed by atoms with Crippen LogP contribution in [0.2, 0.25) is 0 Å². The Morgan fingerprint density at radius 3 is 2.41 bits per heavy atom. The largest absolute Gasteiger partial charge is 0.489 e. The molecule has 1 saturated heterocycles. The highest BCUT2D eigenvalue weighted by molar-refractivity contribution is 5.77. The second kappa shape index (κ2) is 10.3. The van der Waals surface area contributed by atoms with Crippen LogP contribution in [0.1, 0.15) is 35.6 Å². The van der Waals surface area contributed by atoms with Gasteiger partial charge in [-0.15, -0.1) is 0 Å². The number of hydrogen-bond donors (Lipinski definition) is 1. The molecular formula is C28H30FN3O2. The van der Waals surface area contributed by atoms with E-state index in [9.17, 15) is 9.18 Å². The molecule has 2 aliphatic heterocycles. The van der Waals surface area contributed by atoms with E-state index < -0.39 is 0 Å². The summed E-state index contributed by atoms with van der Waals surface area (Å²) in [5, 5.41) is 3.27. The lowest BCUT2D eigenvalue weighted by Crippen LogP contribution is -2.46. The molecule has 1 atom stereocenters. The van der Waals surface area contributed by atoms with Gasteiger partial charge in [-0.25, -0.2) is 4.39 Å². The van der Waals surface area contributed by atoms with Crippen LogP contribution in [0.15, 0.2) is 72.8 Å². The van der Waals surface area contributed by atoms with Crippen LogP contribution >= 0.6 is 0 Å². The Labute approximate surface area is 200 Å². The second-order valence-corrected chi connectivity index (χ2v) is 8.93. The summed E-state index contributed by atoms with van der Waals surface area (Å²) in [5.74, 6) is 0.675. The van der Waals surface area contributed by atoms with Crippen molar-refractivity contribution < 1.29 is 13.9 Å². The van der Waals surface area contributed by atoms with Crippen LogP contribution in [0.4, 0.5) is 10.1 Å². The summed E-state index contributed by atoms with van der Waals surface area (Å²) < 4.78 is 19.2. The van der Waals surface area contributed by atoms with E-state index >= 15 is 0 Å². The maximum absolute atomic E-state index is 13.2. The molecule has 2 heterocycles. The number of amides is 1. The Morgan fingerprint density at radius 1 is 0.912 bits per heavy atom. The number of fused-ring (bicyclic) bond motifs is 2. The van der Waals surface area contributed by atoms with Crippen molar-refractivity contribution in [1.82, 2.24) is 10.2 Å². The van der Waals surface area contributed by atoms with E-state index in [4.69, 9.17) is 4.74 Å². The normalized spacial score (nSPS) is 17.8. The Morgan fingerprint density at radius 2 is 1.62 bits per heavy atom. The van der Waals surface area contributed by atoms with Crippen molar-refractivity contribution >= 4 is 11.6 Å². The smallest absolute Gasteiger partial charge is 0.220 e. The molecule has 1 unspecified atom stereocenters. The fourth-order valence-corrected chi connectivity index (χ4v) is 4.85. The third-order valence-corrected chi connectivity index (χ3v) is 6.73. The van der Waals surface area contributed by atoms with Crippen molar-refractivity contribution in [3.05, 3.63) is 95.3 Å². The average molecular weight is 460 g/mol. The van der Waals surface area contributed by atoms with Gasteiger partial charge in [-0.2, -0.15) is 0 Å². The molecule has 3 aromatic rings. The van der Waals surface area contributed by atoms with E-state index in [1.807, 2.05) is 48.5 Å². The second-order valence-electron chi connectivity index (χ2n) is 8.93. The van der Waals surface area contributed by atoms with Crippen molar-refractivity contribution in [1.29, 1.82) is 0 Å². The highest BCUT2D eigenvalue weighted by atomic mass is 19.1. The number of piperazine rings is 1. The minimum absolute atomic E-state index is 0.0569. The predicted molar refractivity (Wildman–Crippen MR) is 131 cm³/mol. The zero-order valence-electron chi connectivity index (χ0n) is 19.3. The zero-order valence-corrected chi connectivity index (χ0v) is 19.3. The summed E-state index contributed by atoms with van der Waals surface area (Å²) in [6.07, 6.45) is 1.30. The standard InChI is InChI=1S/C28H30FN3O2/c29-22-11-13-23(14-12-22)32-18-16-31(17-19-32)15-5-10-27(33)30-28-24-7-2-1-6-21(24)20-34-26-9-4-3-8-25(26)28/h1-4,6-9,11-14,28H,5,10,15-20H2,(H,30,33). The summed E-state index contributed by atoms with van der Waals surface area (Å²) in [5.41, 5.74) is 4.26. The number of rotatable bonds is 6. The van der Waals surface area contributed by atoms with Gasteiger partial charge in [0, 0.05) is 43.9 Å². The fraction of sp³-hybridized carbons (Fsp3) is 0.321. The van der Waals surface area contributed by atoms with Crippen molar-refractivity contribution in [3.8, 4) is 5.75 Å². The molecule has 5 rings (SSSR count). The lowest BCUT2D eigenvalue weighted by Gasteiger charge is -2.36. The number of ether oxygens (including phenoxy) is 1. The van der Waals surface area contributed by atoms with E-state index in [0.29, 0.717) is 13.0 Å². The number of nitrogens with one attached hydrogen (secondary N) is 1. The molecule has 1 fully saturated rings. The first-order valence-corrected chi connectivity index (χ1v) is 12.0. The molecular weight excluding hydrogens is 429 g/mol. The first kappa shape index (κ1) is 22.4. The lowest BCUT2D eigenvalue weighted by molar-refractivity contribution is -0.121. The monoisotopic (exact) mass is 459 g/mol. The number of nitrogens with zero attached hydrogens (tertiary/aromatic N) is 2. The number of halogens is 1. The average Bonchev–Trinajstić information content (AvgIpc) is 3.02. The van der Waals surface area contributed by atoms with Crippen LogP contribution in [0, 0.1) is 5.82 Å². The van der Waals surface area contributed by atoms with Crippen LogP contribution in [0.25, 0.3) is 0 Å². The number of carbonyl (C=O) groups excluding carboxylic acids is 1. The molecule has 34 heavy (non-hydrogen) atoms. The molecule has 1 N–H and O–H groups in total. The van der Waals surface area contributed by atoms with Crippen LogP contribution in [-0.2, 0) is 11.4 Å². The molecule has 3 aromatic carbocycles. The molecule has 1 amide bonds. The summed E-state index contributed by atoms with van der Waals surface area (Å²) in [4.78, 5) is 17.6. The zero-order chi connectivity index (χ0) is 23.3. The van der Waals surface area contributed by atoms with Gasteiger partial charge in [-0.3, -0.25) is 9.69 Å². The fourth-order valence-electron chi connectivity index (χ4n) is 4.85. The maximum atomic E-state index is 13.2. The first-order valence-electron chi connectivity index (χ1n) is 12.0. The van der Waals surface area contributed by atoms with Gasteiger partial charge in [0.1, 0.15) is 18.2 Å². The highest BCUT2D eigenvalue weighted by Crippen LogP contribution is 2.35. The van der Waals surface area contributed by atoms with E-state index in [0.717, 1.165) is 67.3 Å². The van der Waals surface area contributed by atoms with E-state index in [1.54, 1.807) is 0 Å². The highest BCUT2D eigenvalue weighted by Gasteiger charge is 2.26. The van der Waals surface area contributed by atoms with Gasteiger partial charge in [-0.05, 0) is 54.4 Å². The molecule has 0 bridgehead atoms. The maximum Gasteiger partial charge on any atom is 0.220 e. The molecule has 5 nitrogen and oxygen atoms in total. The van der Waals surface area contributed by atoms with Gasteiger partial charge in [0.25, 0.3) is 0 Å². The quantitative estimate of drug-likeness (QED) is 0.589. The molecule has 6 heteroatoms. The third-order valence-electron chi connectivity index (χ3n) is 6.73.